The molecule has 0 radical (unpaired) electrons. The first-order chi connectivity index (χ1) is 9.13. The van der Waals surface area contributed by atoms with Gasteiger partial charge in [0.2, 0.25) is 10.0 Å². The molecule has 0 fully saturated rings. The molecule has 3 N–H and O–H groups in total. The molecule has 0 amide bonds. The number of aromatic hydroxyl groups is 1. The molecule has 1 aromatic rings. The zero-order chi connectivity index (χ0) is 15.4. The maximum Gasteiger partial charge on any atom is 0.209 e. The van der Waals surface area contributed by atoms with Crippen molar-refractivity contribution >= 4 is 10.0 Å². The Bertz CT molecular complexity index is 555. The van der Waals surface area contributed by atoms with E-state index in [0.29, 0.717) is 18.8 Å². The van der Waals surface area contributed by atoms with E-state index in [1.807, 2.05) is 0 Å². The average Bonchev–Trinajstić information content (AvgIpc) is 2.28. The van der Waals surface area contributed by atoms with Crippen LogP contribution in [0.2, 0.25) is 0 Å². The van der Waals surface area contributed by atoms with E-state index in [9.17, 15) is 13.5 Å². The summed E-state index contributed by atoms with van der Waals surface area (Å²) in [6.45, 7) is 4.63. The SMILES string of the molecule is COc1cc(CNCC(C)(C)NS(C)(=O)=O)ccc1O. The van der Waals surface area contributed by atoms with Crippen molar-refractivity contribution in [1.82, 2.24) is 10.0 Å². The number of nitrogens with one attached hydrogen (secondary N) is 2. The lowest BCUT2D eigenvalue weighted by Gasteiger charge is -2.25. The number of benzene rings is 1. The Balaban J connectivity index is 2.56. The molecule has 0 bridgehead atoms. The van der Waals surface area contributed by atoms with Gasteiger partial charge in [0.25, 0.3) is 0 Å². The number of hydrogen-bond donors (Lipinski definition) is 3. The van der Waals surface area contributed by atoms with E-state index in [-0.39, 0.29) is 5.75 Å². The Labute approximate surface area is 120 Å². The van der Waals surface area contributed by atoms with Crippen molar-refractivity contribution in [3.63, 3.8) is 0 Å². The molecule has 6 nitrogen and oxygen atoms in total. The second kappa shape index (κ2) is 6.43. The van der Waals surface area contributed by atoms with Crippen LogP contribution in [-0.2, 0) is 16.6 Å². The highest BCUT2D eigenvalue weighted by atomic mass is 32.2. The van der Waals surface area contributed by atoms with Crippen LogP contribution in [0.5, 0.6) is 11.5 Å². The Hall–Kier alpha value is -1.31. The van der Waals surface area contributed by atoms with Crippen LogP contribution in [0.15, 0.2) is 18.2 Å². The van der Waals surface area contributed by atoms with Crippen molar-refractivity contribution in [3.8, 4) is 11.5 Å². The monoisotopic (exact) mass is 302 g/mol. The highest BCUT2D eigenvalue weighted by molar-refractivity contribution is 7.88. The maximum absolute atomic E-state index is 11.2. The molecule has 0 aliphatic carbocycles. The van der Waals surface area contributed by atoms with Crippen molar-refractivity contribution in [2.24, 2.45) is 0 Å². The number of sulfonamides is 1. The van der Waals surface area contributed by atoms with Crippen molar-refractivity contribution < 1.29 is 18.3 Å². The third kappa shape index (κ3) is 5.77. The summed E-state index contributed by atoms with van der Waals surface area (Å²) in [5.74, 6) is 0.508. The fourth-order valence-corrected chi connectivity index (χ4v) is 2.97. The van der Waals surface area contributed by atoms with Crippen LogP contribution in [-0.4, -0.2) is 39.0 Å². The number of phenols is 1. The van der Waals surface area contributed by atoms with E-state index in [2.05, 4.69) is 10.0 Å². The highest BCUT2D eigenvalue weighted by Crippen LogP contribution is 2.26. The maximum atomic E-state index is 11.2. The molecule has 114 valence electrons. The first-order valence-electron chi connectivity index (χ1n) is 6.18. The van der Waals surface area contributed by atoms with Crippen LogP contribution < -0.4 is 14.8 Å². The molecular formula is C13H22N2O4S. The third-order valence-corrected chi connectivity index (χ3v) is 3.53. The number of ether oxygens (including phenoxy) is 1. The largest absolute Gasteiger partial charge is 0.504 e. The predicted octanol–water partition coefficient (Wildman–Crippen LogP) is 0.818. The minimum Gasteiger partial charge on any atom is -0.504 e. The summed E-state index contributed by atoms with van der Waals surface area (Å²) in [6.07, 6.45) is 1.14. The van der Waals surface area contributed by atoms with Gasteiger partial charge in [-0.1, -0.05) is 6.07 Å². The molecule has 1 rings (SSSR count). The topological polar surface area (TPSA) is 87.7 Å². The van der Waals surface area contributed by atoms with Crippen LogP contribution >= 0.6 is 0 Å². The summed E-state index contributed by atoms with van der Waals surface area (Å²) in [5.41, 5.74) is 0.365. The van der Waals surface area contributed by atoms with Gasteiger partial charge in [-0.05, 0) is 31.5 Å². The van der Waals surface area contributed by atoms with Crippen molar-refractivity contribution in [2.75, 3.05) is 19.9 Å². The van der Waals surface area contributed by atoms with Gasteiger partial charge in [0, 0.05) is 18.6 Å². The standard InChI is InChI=1S/C13H22N2O4S/c1-13(2,15-20(4,17)18)9-14-8-10-5-6-11(16)12(7-10)19-3/h5-7,14-16H,8-9H2,1-4H3. The second-order valence-electron chi connectivity index (χ2n) is 5.37. The molecule has 0 aliphatic heterocycles. The minimum atomic E-state index is -3.24. The first kappa shape index (κ1) is 16.7. The van der Waals surface area contributed by atoms with E-state index >= 15 is 0 Å². The smallest absolute Gasteiger partial charge is 0.209 e. The fraction of sp³-hybridized carbons (Fsp3) is 0.538. The zero-order valence-electron chi connectivity index (χ0n) is 12.2. The minimum absolute atomic E-state index is 0.0929. The van der Waals surface area contributed by atoms with E-state index in [0.717, 1.165) is 11.8 Å². The summed E-state index contributed by atoms with van der Waals surface area (Å²) in [7, 11) is -1.74. The van der Waals surface area contributed by atoms with Gasteiger partial charge in [0.1, 0.15) is 0 Å². The summed E-state index contributed by atoms with van der Waals surface area (Å²) in [5, 5.41) is 12.7. The second-order valence-corrected chi connectivity index (χ2v) is 7.12. The quantitative estimate of drug-likeness (QED) is 0.694. The molecule has 0 atom stereocenters. The van der Waals surface area contributed by atoms with Crippen molar-refractivity contribution in [1.29, 1.82) is 0 Å². The first-order valence-corrected chi connectivity index (χ1v) is 8.08. The highest BCUT2D eigenvalue weighted by Gasteiger charge is 2.21. The fourth-order valence-electron chi connectivity index (χ4n) is 1.89. The summed E-state index contributed by atoms with van der Waals surface area (Å²) < 4.78 is 30.0. The number of rotatable bonds is 7. The Morgan fingerprint density at radius 2 is 2.00 bits per heavy atom. The molecule has 7 heteroatoms. The summed E-state index contributed by atoms with van der Waals surface area (Å²) >= 11 is 0. The van der Waals surface area contributed by atoms with Gasteiger partial charge in [0.05, 0.1) is 13.4 Å². The lowest BCUT2D eigenvalue weighted by molar-refractivity contribution is 0.372. The van der Waals surface area contributed by atoms with Gasteiger partial charge in [-0.3, -0.25) is 0 Å². The molecule has 0 heterocycles. The average molecular weight is 302 g/mol. The normalized spacial score (nSPS) is 12.4. The van der Waals surface area contributed by atoms with Gasteiger partial charge in [-0.15, -0.1) is 0 Å². The van der Waals surface area contributed by atoms with Gasteiger partial charge < -0.3 is 15.2 Å². The molecule has 0 aliphatic rings. The lowest BCUT2D eigenvalue weighted by atomic mass is 10.1. The van der Waals surface area contributed by atoms with Crippen LogP contribution in [0.25, 0.3) is 0 Å². The van der Waals surface area contributed by atoms with Crippen molar-refractivity contribution in [2.45, 2.75) is 25.9 Å². The van der Waals surface area contributed by atoms with E-state index in [4.69, 9.17) is 4.74 Å². The van der Waals surface area contributed by atoms with E-state index in [1.165, 1.54) is 7.11 Å². The van der Waals surface area contributed by atoms with Gasteiger partial charge in [-0.25, -0.2) is 13.1 Å². The number of methoxy groups -OCH3 is 1. The third-order valence-electron chi connectivity index (χ3n) is 2.60. The molecular weight excluding hydrogens is 280 g/mol. The Kier molecular flexibility index (Phi) is 5.38. The van der Waals surface area contributed by atoms with Gasteiger partial charge in [0.15, 0.2) is 11.5 Å². The molecule has 0 saturated carbocycles. The lowest BCUT2D eigenvalue weighted by Crippen LogP contribution is -2.49. The Morgan fingerprint density at radius 1 is 1.35 bits per heavy atom. The van der Waals surface area contributed by atoms with Gasteiger partial charge in [-0.2, -0.15) is 0 Å². The van der Waals surface area contributed by atoms with E-state index < -0.39 is 15.6 Å². The predicted molar refractivity (Wildman–Crippen MR) is 78.4 cm³/mol. The molecule has 20 heavy (non-hydrogen) atoms. The Morgan fingerprint density at radius 3 is 2.55 bits per heavy atom. The molecule has 0 spiro atoms. The summed E-state index contributed by atoms with van der Waals surface area (Å²) in [4.78, 5) is 0. The van der Waals surface area contributed by atoms with Crippen LogP contribution in [0.1, 0.15) is 19.4 Å². The van der Waals surface area contributed by atoms with Gasteiger partial charge >= 0.3 is 0 Å². The molecule has 0 aromatic heterocycles. The molecule has 0 unspecified atom stereocenters. The van der Waals surface area contributed by atoms with Crippen molar-refractivity contribution in [3.05, 3.63) is 23.8 Å². The summed E-state index contributed by atoms with van der Waals surface area (Å²) in [6, 6.07) is 5.08. The zero-order valence-corrected chi connectivity index (χ0v) is 13.0. The number of phenolic OH excluding ortho intramolecular Hbond substituents is 1. The molecule has 0 saturated heterocycles. The number of hydrogen-bond acceptors (Lipinski definition) is 5. The van der Waals surface area contributed by atoms with Crippen LogP contribution in [0.4, 0.5) is 0 Å². The van der Waals surface area contributed by atoms with Crippen LogP contribution in [0, 0.1) is 0 Å². The van der Waals surface area contributed by atoms with Crippen LogP contribution in [0.3, 0.4) is 0 Å². The van der Waals surface area contributed by atoms with E-state index in [1.54, 1.807) is 32.0 Å². The molecule has 1 aromatic carbocycles.